The summed E-state index contributed by atoms with van der Waals surface area (Å²) in [4.78, 5) is 9.11. The van der Waals surface area contributed by atoms with Crippen molar-refractivity contribution in [1.82, 2.24) is 9.97 Å². The van der Waals surface area contributed by atoms with Crippen molar-refractivity contribution in [2.45, 2.75) is 24.0 Å². The highest BCUT2D eigenvalue weighted by molar-refractivity contribution is 7.98. The third-order valence-electron chi connectivity index (χ3n) is 2.40. The lowest BCUT2D eigenvalue weighted by Gasteiger charge is -2.05. The molecule has 0 aliphatic carbocycles. The summed E-state index contributed by atoms with van der Waals surface area (Å²) in [6, 6.07) is 8.43. The number of benzene rings is 1. The van der Waals surface area contributed by atoms with Gasteiger partial charge < -0.3 is 5.73 Å². The minimum Gasteiger partial charge on any atom is -0.384 e. The van der Waals surface area contributed by atoms with Crippen LogP contribution in [0.4, 0.5) is 10.2 Å². The van der Waals surface area contributed by atoms with Crippen molar-refractivity contribution < 1.29 is 4.39 Å². The van der Waals surface area contributed by atoms with Gasteiger partial charge in [-0.05, 0) is 18.6 Å². The second-order valence-corrected chi connectivity index (χ2v) is 4.79. The minimum absolute atomic E-state index is 0.220. The number of aryl methyl sites for hydroxylation is 1. The fourth-order valence-corrected chi connectivity index (χ4v) is 2.32. The van der Waals surface area contributed by atoms with Gasteiger partial charge in [0, 0.05) is 16.7 Å². The van der Waals surface area contributed by atoms with Gasteiger partial charge in [0.25, 0.3) is 0 Å². The molecule has 0 amide bonds. The maximum absolute atomic E-state index is 13.4. The first-order valence-electron chi connectivity index (χ1n) is 5.68. The van der Waals surface area contributed by atoms with E-state index >= 15 is 0 Å². The second-order valence-electron chi connectivity index (χ2n) is 3.77. The van der Waals surface area contributed by atoms with Crippen LogP contribution in [-0.4, -0.2) is 9.97 Å². The molecule has 0 atom stereocenters. The fourth-order valence-electron chi connectivity index (χ4n) is 1.52. The van der Waals surface area contributed by atoms with Crippen molar-refractivity contribution in [3.8, 4) is 0 Å². The number of hydrogen-bond donors (Lipinski definition) is 1. The van der Waals surface area contributed by atoms with E-state index in [0.717, 1.165) is 12.1 Å². The van der Waals surface area contributed by atoms with Crippen molar-refractivity contribution in [3.05, 3.63) is 47.7 Å². The van der Waals surface area contributed by atoms with E-state index in [2.05, 4.69) is 9.97 Å². The molecule has 1 heterocycles. The van der Waals surface area contributed by atoms with Gasteiger partial charge in [-0.1, -0.05) is 19.1 Å². The van der Waals surface area contributed by atoms with Gasteiger partial charge >= 0.3 is 0 Å². The van der Waals surface area contributed by atoms with Gasteiger partial charge in [-0.15, -0.1) is 11.8 Å². The number of hydrogen-bond acceptors (Lipinski definition) is 4. The van der Waals surface area contributed by atoms with Gasteiger partial charge in [0.1, 0.15) is 17.5 Å². The Kier molecular flexibility index (Phi) is 4.15. The summed E-state index contributed by atoms with van der Waals surface area (Å²) < 4.78 is 13.4. The number of rotatable bonds is 4. The number of nitrogen functional groups attached to an aromatic ring is 1. The normalized spacial score (nSPS) is 10.6. The largest absolute Gasteiger partial charge is 0.384 e. The predicted octanol–water partition coefficient (Wildman–Crippen LogP) is 3.05. The lowest BCUT2D eigenvalue weighted by atomic mass is 10.3. The lowest BCUT2D eigenvalue weighted by molar-refractivity contribution is 0.602. The summed E-state index contributed by atoms with van der Waals surface area (Å²) in [5.74, 6) is 1.40. The van der Waals surface area contributed by atoms with E-state index in [0.29, 0.717) is 22.3 Å². The Morgan fingerprint density at radius 2 is 2.06 bits per heavy atom. The molecule has 2 N–H and O–H groups in total. The Labute approximate surface area is 110 Å². The molecular weight excluding hydrogens is 249 g/mol. The van der Waals surface area contributed by atoms with Crippen LogP contribution in [-0.2, 0) is 12.2 Å². The van der Waals surface area contributed by atoms with Crippen molar-refractivity contribution >= 4 is 17.6 Å². The standard InChI is InChI=1S/C13H14FN3S/c1-2-9-7-12(15)17-13(16-9)8-18-11-6-4-3-5-10(11)14/h3-7H,2,8H2,1H3,(H2,15,16,17). The monoisotopic (exact) mass is 263 g/mol. The molecule has 0 radical (unpaired) electrons. The minimum atomic E-state index is -0.220. The highest BCUT2D eigenvalue weighted by Crippen LogP contribution is 2.24. The summed E-state index contributed by atoms with van der Waals surface area (Å²) in [5.41, 5.74) is 6.61. The Morgan fingerprint density at radius 1 is 1.28 bits per heavy atom. The Morgan fingerprint density at radius 3 is 2.78 bits per heavy atom. The first-order valence-corrected chi connectivity index (χ1v) is 6.67. The number of anilines is 1. The van der Waals surface area contributed by atoms with Gasteiger partial charge in [0.05, 0.1) is 5.75 Å². The Hall–Kier alpha value is -1.62. The second kappa shape index (κ2) is 5.82. The molecule has 1 aromatic heterocycles. The summed E-state index contributed by atoms with van der Waals surface area (Å²) in [7, 11) is 0. The molecular formula is C13H14FN3S. The smallest absolute Gasteiger partial charge is 0.141 e. The average molecular weight is 263 g/mol. The van der Waals surface area contributed by atoms with E-state index in [-0.39, 0.29) is 5.82 Å². The topological polar surface area (TPSA) is 51.8 Å². The highest BCUT2D eigenvalue weighted by atomic mass is 32.2. The number of thioether (sulfide) groups is 1. The van der Waals surface area contributed by atoms with Crippen LogP contribution in [0.2, 0.25) is 0 Å². The number of nitrogens with zero attached hydrogens (tertiary/aromatic N) is 2. The van der Waals surface area contributed by atoms with Gasteiger partial charge in [-0.2, -0.15) is 0 Å². The lowest BCUT2D eigenvalue weighted by Crippen LogP contribution is -2.01. The molecule has 0 aliphatic rings. The zero-order valence-electron chi connectivity index (χ0n) is 10.1. The Balaban J connectivity index is 2.11. The first kappa shape index (κ1) is 12.8. The zero-order valence-corrected chi connectivity index (χ0v) is 10.9. The molecule has 5 heteroatoms. The van der Waals surface area contributed by atoms with Crippen LogP contribution in [0, 0.1) is 5.82 Å². The van der Waals surface area contributed by atoms with Gasteiger partial charge in [-0.3, -0.25) is 0 Å². The van der Waals surface area contributed by atoms with Crippen molar-refractivity contribution in [2.24, 2.45) is 0 Å². The zero-order chi connectivity index (χ0) is 13.0. The van der Waals surface area contributed by atoms with Crippen LogP contribution in [0.25, 0.3) is 0 Å². The van der Waals surface area contributed by atoms with Crippen LogP contribution >= 0.6 is 11.8 Å². The van der Waals surface area contributed by atoms with Gasteiger partial charge in [0.2, 0.25) is 0 Å². The van der Waals surface area contributed by atoms with Crippen molar-refractivity contribution in [1.29, 1.82) is 0 Å². The molecule has 18 heavy (non-hydrogen) atoms. The third kappa shape index (κ3) is 3.20. The third-order valence-corrected chi connectivity index (χ3v) is 3.45. The molecule has 2 rings (SSSR count). The molecule has 1 aromatic carbocycles. The summed E-state index contributed by atoms with van der Waals surface area (Å²) in [6.45, 7) is 2.01. The maximum Gasteiger partial charge on any atom is 0.141 e. The molecule has 2 aromatic rings. The highest BCUT2D eigenvalue weighted by Gasteiger charge is 2.05. The van der Waals surface area contributed by atoms with Crippen LogP contribution in [0.3, 0.4) is 0 Å². The summed E-state index contributed by atoms with van der Waals surface area (Å²) in [6.07, 6.45) is 0.810. The SMILES string of the molecule is CCc1cc(N)nc(CSc2ccccc2F)n1. The van der Waals surface area contributed by atoms with Crippen LogP contribution in [0.5, 0.6) is 0 Å². The van der Waals surface area contributed by atoms with E-state index in [9.17, 15) is 4.39 Å². The van der Waals surface area contributed by atoms with Crippen LogP contribution < -0.4 is 5.73 Å². The van der Waals surface area contributed by atoms with E-state index in [1.807, 2.05) is 13.0 Å². The number of nitrogens with two attached hydrogens (primary N) is 1. The summed E-state index contributed by atoms with van der Waals surface area (Å²) in [5, 5.41) is 0. The fraction of sp³-hybridized carbons (Fsp3) is 0.231. The maximum atomic E-state index is 13.4. The van der Waals surface area contributed by atoms with Gasteiger partial charge in [-0.25, -0.2) is 14.4 Å². The molecule has 0 saturated carbocycles. The van der Waals surface area contributed by atoms with Crippen LogP contribution in [0.1, 0.15) is 18.4 Å². The van der Waals surface area contributed by atoms with Gasteiger partial charge in [0.15, 0.2) is 0 Å². The Bertz CT molecular complexity index is 546. The average Bonchev–Trinajstić information content (AvgIpc) is 2.37. The van der Waals surface area contributed by atoms with E-state index in [1.165, 1.54) is 17.8 Å². The van der Waals surface area contributed by atoms with Crippen LogP contribution in [0.15, 0.2) is 35.2 Å². The van der Waals surface area contributed by atoms with Crippen molar-refractivity contribution in [2.75, 3.05) is 5.73 Å². The molecule has 0 saturated heterocycles. The first-order chi connectivity index (χ1) is 8.69. The predicted molar refractivity (Wildman–Crippen MR) is 71.8 cm³/mol. The molecule has 0 fully saturated rings. The molecule has 94 valence electrons. The number of aromatic nitrogens is 2. The van der Waals surface area contributed by atoms with Crippen molar-refractivity contribution in [3.63, 3.8) is 0 Å². The molecule has 3 nitrogen and oxygen atoms in total. The molecule has 0 spiro atoms. The van der Waals surface area contributed by atoms with E-state index in [4.69, 9.17) is 5.73 Å². The molecule has 0 unspecified atom stereocenters. The quantitative estimate of drug-likeness (QED) is 0.861. The van der Waals surface area contributed by atoms with E-state index in [1.54, 1.807) is 18.2 Å². The summed E-state index contributed by atoms with van der Waals surface area (Å²) >= 11 is 1.37. The molecule has 0 aliphatic heterocycles. The molecule has 0 bridgehead atoms. The van der Waals surface area contributed by atoms with E-state index < -0.39 is 0 Å². The number of halogens is 1.